The molecule has 0 aromatic carbocycles. The fourth-order valence-corrected chi connectivity index (χ4v) is 4.06. The molecule has 0 nitrogen and oxygen atoms in total. The van der Waals surface area contributed by atoms with Gasteiger partial charge in [0.15, 0.2) is 0 Å². The van der Waals surface area contributed by atoms with Crippen LogP contribution in [0.3, 0.4) is 0 Å². The molecule has 0 N–H and O–H groups in total. The van der Waals surface area contributed by atoms with Gasteiger partial charge in [-0.3, -0.25) is 0 Å². The van der Waals surface area contributed by atoms with Crippen molar-refractivity contribution in [2.24, 2.45) is 17.8 Å². The van der Waals surface area contributed by atoms with Gasteiger partial charge in [0, 0.05) is 4.87 Å². The van der Waals surface area contributed by atoms with E-state index in [0.29, 0.717) is 0 Å². The molecule has 0 aromatic heterocycles. The maximum atomic E-state index is 6.49. The Balaban J connectivity index is 1.94. The highest BCUT2D eigenvalue weighted by Gasteiger charge is 2.50. The van der Waals surface area contributed by atoms with Crippen LogP contribution in [-0.2, 0) is 0 Å². The number of rotatable bonds is 0. The van der Waals surface area contributed by atoms with E-state index in [0.717, 1.165) is 17.8 Å². The normalized spacial score (nSPS) is 60.3. The second-order valence-electron chi connectivity index (χ2n) is 4.66. The lowest BCUT2D eigenvalue weighted by Crippen LogP contribution is -2.47. The molecule has 60 valence electrons. The number of alkyl halides is 1. The van der Waals surface area contributed by atoms with E-state index in [1.165, 1.54) is 32.1 Å². The van der Waals surface area contributed by atoms with E-state index in [2.05, 4.69) is 6.42 Å². The Morgan fingerprint density at radius 2 is 1.73 bits per heavy atom. The summed E-state index contributed by atoms with van der Waals surface area (Å²) in [4.78, 5) is 0.210. The Morgan fingerprint density at radius 3 is 2.18 bits per heavy atom. The molecule has 0 heterocycles. The van der Waals surface area contributed by atoms with Crippen molar-refractivity contribution in [3.05, 3.63) is 6.42 Å². The summed E-state index contributed by atoms with van der Waals surface area (Å²) in [6.45, 7) is 0. The van der Waals surface area contributed by atoms with Gasteiger partial charge < -0.3 is 0 Å². The lowest BCUT2D eigenvalue weighted by molar-refractivity contribution is 0.0819. The first-order valence-corrected chi connectivity index (χ1v) is 5.06. The fourth-order valence-electron chi connectivity index (χ4n) is 3.47. The molecule has 4 aliphatic rings. The average molecular weight is 169 g/mol. The average Bonchev–Trinajstić information content (AvgIpc) is 1.79. The molecule has 4 rings (SSSR count). The van der Waals surface area contributed by atoms with Gasteiger partial charge in [-0.2, -0.15) is 0 Å². The van der Waals surface area contributed by atoms with Crippen LogP contribution in [0.15, 0.2) is 0 Å². The van der Waals surface area contributed by atoms with Crippen LogP contribution in [0.4, 0.5) is 0 Å². The Morgan fingerprint density at radius 1 is 1.09 bits per heavy atom. The summed E-state index contributed by atoms with van der Waals surface area (Å²) in [5, 5.41) is 0. The molecular formula is C10H13Cl. The highest BCUT2D eigenvalue weighted by atomic mass is 35.5. The Labute approximate surface area is 73.3 Å². The fraction of sp³-hybridized carbons (Fsp3) is 0.900. The van der Waals surface area contributed by atoms with Gasteiger partial charge in [0.25, 0.3) is 0 Å². The molecule has 0 aliphatic heterocycles. The Kier molecular flexibility index (Phi) is 1.21. The summed E-state index contributed by atoms with van der Waals surface area (Å²) < 4.78 is 0. The molecule has 4 bridgehead atoms. The van der Waals surface area contributed by atoms with Crippen molar-refractivity contribution in [1.82, 2.24) is 0 Å². The zero-order valence-electron chi connectivity index (χ0n) is 6.65. The lowest BCUT2D eigenvalue weighted by Gasteiger charge is -2.53. The van der Waals surface area contributed by atoms with Gasteiger partial charge in [-0.05, 0) is 56.3 Å². The van der Waals surface area contributed by atoms with Crippen LogP contribution < -0.4 is 0 Å². The first-order chi connectivity index (χ1) is 5.23. The summed E-state index contributed by atoms with van der Waals surface area (Å²) in [7, 11) is 0. The third-order valence-electron chi connectivity index (χ3n) is 3.59. The molecule has 2 radical (unpaired) electrons. The minimum Gasteiger partial charge on any atom is -0.119 e. The lowest BCUT2D eigenvalue weighted by atomic mass is 9.56. The van der Waals surface area contributed by atoms with Crippen molar-refractivity contribution in [2.75, 3.05) is 0 Å². The molecule has 4 saturated carbocycles. The van der Waals surface area contributed by atoms with E-state index in [1.54, 1.807) is 0 Å². The molecule has 1 heteroatoms. The number of halogens is 1. The standard InChI is InChI=1S/C10H13Cl/c11-10-4-7-1-8(5-10)3-9(2-7)6-10/h7-9H,1-2,4-6H2. The Hall–Kier alpha value is 0.290. The summed E-state index contributed by atoms with van der Waals surface area (Å²) >= 11 is 6.49. The summed E-state index contributed by atoms with van der Waals surface area (Å²) in [6, 6.07) is 0. The minimum atomic E-state index is 0.210. The van der Waals surface area contributed by atoms with Crippen LogP contribution in [0, 0.1) is 24.2 Å². The Bertz CT molecular complexity index is 150. The quantitative estimate of drug-likeness (QED) is 0.488. The van der Waals surface area contributed by atoms with E-state index < -0.39 is 0 Å². The second kappa shape index (κ2) is 1.96. The van der Waals surface area contributed by atoms with Gasteiger partial charge >= 0.3 is 0 Å². The third-order valence-corrected chi connectivity index (χ3v) is 4.05. The maximum Gasteiger partial charge on any atom is 0.0455 e. The predicted molar refractivity (Wildman–Crippen MR) is 45.4 cm³/mol. The molecule has 0 amide bonds. The van der Waals surface area contributed by atoms with E-state index in [1.807, 2.05) is 0 Å². The minimum absolute atomic E-state index is 0.210. The molecule has 4 fully saturated rings. The van der Waals surface area contributed by atoms with Crippen molar-refractivity contribution >= 4 is 11.6 Å². The maximum absolute atomic E-state index is 6.49. The van der Waals surface area contributed by atoms with Crippen LogP contribution in [-0.4, -0.2) is 4.87 Å². The highest BCUT2D eigenvalue weighted by molar-refractivity contribution is 6.24. The van der Waals surface area contributed by atoms with Gasteiger partial charge in [0.05, 0.1) is 0 Å². The number of hydrogen-bond acceptors (Lipinski definition) is 0. The molecule has 0 saturated heterocycles. The summed E-state index contributed by atoms with van der Waals surface area (Å²) in [5.74, 6) is 2.48. The van der Waals surface area contributed by atoms with Gasteiger partial charge in [-0.15, -0.1) is 11.6 Å². The molecular weight excluding hydrogens is 156 g/mol. The largest absolute Gasteiger partial charge is 0.119 e. The van der Waals surface area contributed by atoms with Gasteiger partial charge in [-0.1, -0.05) is 0 Å². The van der Waals surface area contributed by atoms with Crippen molar-refractivity contribution in [3.8, 4) is 0 Å². The van der Waals surface area contributed by atoms with Crippen LogP contribution in [0.2, 0.25) is 0 Å². The van der Waals surface area contributed by atoms with Crippen LogP contribution in [0.25, 0.3) is 0 Å². The molecule has 4 aliphatic carbocycles. The molecule has 11 heavy (non-hydrogen) atoms. The van der Waals surface area contributed by atoms with E-state index in [9.17, 15) is 0 Å². The SMILES string of the molecule is ClC12CC3[C]C(CC(C3)C1)C2. The molecule has 0 spiro atoms. The van der Waals surface area contributed by atoms with E-state index in [4.69, 9.17) is 11.6 Å². The van der Waals surface area contributed by atoms with Gasteiger partial charge in [-0.25, -0.2) is 0 Å². The first kappa shape index (κ1) is 6.77. The monoisotopic (exact) mass is 168 g/mol. The van der Waals surface area contributed by atoms with Gasteiger partial charge in [0.1, 0.15) is 0 Å². The molecule has 2 atom stereocenters. The van der Waals surface area contributed by atoms with Crippen molar-refractivity contribution < 1.29 is 0 Å². The van der Waals surface area contributed by atoms with Crippen LogP contribution in [0.5, 0.6) is 0 Å². The third kappa shape index (κ3) is 0.950. The molecule has 2 unspecified atom stereocenters. The summed E-state index contributed by atoms with van der Waals surface area (Å²) in [5.41, 5.74) is 0. The number of hydrogen-bond donors (Lipinski definition) is 0. The van der Waals surface area contributed by atoms with E-state index in [-0.39, 0.29) is 4.87 Å². The zero-order chi connectivity index (χ0) is 7.47. The first-order valence-electron chi connectivity index (χ1n) is 4.68. The molecule has 0 aromatic rings. The van der Waals surface area contributed by atoms with Gasteiger partial charge in [0.2, 0.25) is 0 Å². The topological polar surface area (TPSA) is 0 Å². The van der Waals surface area contributed by atoms with Crippen LogP contribution >= 0.6 is 11.6 Å². The summed E-state index contributed by atoms with van der Waals surface area (Å²) in [6.07, 6.45) is 10.2. The van der Waals surface area contributed by atoms with Crippen molar-refractivity contribution in [3.63, 3.8) is 0 Å². The smallest absolute Gasteiger partial charge is 0.0455 e. The zero-order valence-corrected chi connectivity index (χ0v) is 7.40. The van der Waals surface area contributed by atoms with Crippen LogP contribution in [0.1, 0.15) is 32.1 Å². The highest BCUT2D eigenvalue weighted by Crippen LogP contribution is 2.57. The predicted octanol–water partition coefficient (Wildman–Crippen LogP) is 2.89. The van der Waals surface area contributed by atoms with E-state index >= 15 is 0 Å². The van der Waals surface area contributed by atoms with Crippen molar-refractivity contribution in [1.29, 1.82) is 0 Å². The van der Waals surface area contributed by atoms with Crippen molar-refractivity contribution in [2.45, 2.75) is 37.0 Å². The second-order valence-corrected chi connectivity index (χ2v) is 5.46.